The fourth-order valence-electron chi connectivity index (χ4n) is 2.15. The molecule has 2 aromatic heterocycles. The summed E-state index contributed by atoms with van der Waals surface area (Å²) in [6, 6.07) is 3.86. The molecule has 2 heterocycles. The van der Waals surface area contributed by atoms with E-state index in [0.29, 0.717) is 5.82 Å². The molecule has 0 aliphatic rings. The summed E-state index contributed by atoms with van der Waals surface area (Å²) in [6.45, 7) is 9.37. The minimum Gasteiger partial charge on any atom is -0.347 e. The molecule has 7 heteroatoms. The van der Waals surface area contributed by atoms with E-state index in [0.717, 1.165) is 4.88 Å². The number of aromatic nitrogens is 3. The zero-order valence-electron chi connectivity index (χ0n) is 13.6. The van der Waals surface area contributed by atoms with Crippen LogP contribution in [0, 0.1) is 6.92 Å². The van der Waals surface area contributed by atoms with E-state index in [4.69, 9.17) is 0 Å². The van der Waals surface area contributed by atoms with E-state index in [2.05, 4.69) is 10.4 Å². The molecule has 2 rings (SSSR count). The maximum atomic E-state index is 12.4. The standard InChI is InChI=1S/C15H22N4O2S/c1-10(12-7-6-8-22-12)16-13(20)9-18-11(2)17-19(14(18)21)15(3,4)5/h6-8,10H,9H2,1-5H3,(H,16,20)/t10-/m0/s1. The van der Waals surface area contributed by atoms with Gasteiger partial charge in [-0.15, -0.1) is 11.3 Å². The molecule has 1 N–H and O–H groups in total. The Balaban J connectivity index is 2.13. The highest BCUT2D eigenvalue weighted by atomic mass is 32.1. The molecule has 0 bridgehead atoms. The molecule has 0 spiro atoms. The Labute approximate surface area is 133 Å². The Morgan fingerprint density at radius 3 is 2.64 bits per heavy atom. The van der Waals surface area contributed by atoms with Gasteiger partial charge in [-0.3, -0.25) is 9.36 Å². The van der Waals surface area contributed by atoms with Gasteiger partial charge in [0.2, 0.25) is 5.91 Å². The molecule has 0 fully saturated rings. The van der Waals surface area contributed by atoms with E-state index < -0.39 is 5.54 Å². The van der Waals surface area contributed by atoms with Crippen molar-refractivity contribution in [2.24, 2.45) is 0 Å². The lowest BCUT2D eigenvalue weighted by atomic mass is 10.1. The minimum atomic E-state index is -0.409. The lowest BCUT2D eigenvalue weighted by molar-refractivity contribution is -0.122. The number of hydrogen-bond acceptors (Lipinski definition) is 4. The number of carbonyl (C=O) groups excluding carboxylic acids is 1. The number of rotatable bonds is 4. The monoisotopic (exact) mass is 322 g/mol. The molecule has 0 radical (unpaired) electrons. The quantitative estimate of drug-likeness (QED) is 0.936. The van der Waals surface area contributed by atoms with Gasteiger partial charge in [0.25, 0.3) is 0 Å². The smallest absolute Gasteiger partial charge is 0.346 e. The van der Waals surface area contributed by atoms with E-state index in [-0.39, 0.29) is 24.2 Å². The van der Waals surface area contributed by atoms with Gasteiger partial charge in [-0.1, -0.05) is 6.07 Å². The highest BCUT2D eigenvalue weighted by molar-refractivity contribution is 7.10. The number of carbonyl (C=O) groups is 1. The predicted molar refractivity (Wildman–Crippen MR) is 87.1 cm³/mol. The molecule has 2 aromatic rings. The molecule has 0 aliphatic heterocycles. The minimum absolute atomic E-state index is 0.0174. The number of amides is 1. The summed E-state index contributed by atoms with van der Waals surface area (Å²) in [5.74, 6) is 0.346. The largest absolute Gasteiger partial charge is 0.347 e. The summed E-state index contributed by atoms with van der Waals surface area (Å²) in [5, 5.41) is 9.13. The van der Waals surface area contributed by atoms with Gasteiger partial charge in [-0.05, 0) is 46.1 Å². The number of aryl methyl sites for hydroxylation is 1. The van der Waals surface area contributed by atoms with Crippen molar-refractivity contribution in [1.29, 1.82) is 0 Å². The van der Waals surface area contributed by atoms with Crippen molar-refractivity contribution >= 4 is 17.2 Å². The number of thiophene rings is 1. The van der Waals surface area contributed by atoms with Crippen molar-refractivity contribution in [2.75, 3.05) is 0 Å². The highest BCUT2D eigenvalue weighted by Crippen LogP contribution is 2.18. The van der Waals surface area contributed by atoms with Crippen LogP contribution in [0.2, 0.25) is 0 Å². The van der Waals surface area contributed by atoms with Crippen molar-refractivity contribution in [2.45, 2.75) is 52.7 Å². The summed E-state index contributed by atoms with van der Waals surface area (Å²) in [4.78, 5) is 25.6. The molecule has 1 amide bonds. The predicted octanol–water partition coefficient (Wildman–Crippen LogP) is 2.05. The number of nitrogens with zero attached hydrogens (tertiary/aromatic N) is 3. The molecule has 0 saturated heterocycles. The molecule has 0 aliphatic carbocycles. The van der Waals surface area contributed by atoms with E-state index in [1.807, 2.05) is 45.2 Å². The third-order valence-corrected chi connectivity index (χ3v) is 4.39. The summed E-state index contributed by atoms with van der Waals surface area (Å²) < 4.78 is 2.82. The maximum Gasteiger partial charge on any atom is 0.346 e. The SMILES string of the molecule is Cc1nn(C(C)(C)C)c(=O)n1CC(=O)N[C@@H](C)c1cccs1. The van der Waals surface area contributed by atoms with E-state index in [9.17, 15) is 9.59 Å². The van der Waals surface area contributed by atoms with Crippen LogP contribution in [0.25, 0.3) is 0 Å². The van der Waals surface area contributed by atoms with Crippen molar-refractivity contribution in [3.8, 4) is 0 Å². The Kier molecular flexibility index (Phi) is 4.55. The fourth-order valence-corrected chi connectivity index (χ4v) is 2.89. The second kappa shape index (κ2) is 6.08. The summed E-state index contributed by atoms with van der Waals surface area (Å²) in [5.41, 5.74) is -0.669. The third kappa shape index (κ3) is 3.47. The van der Waals surface area contributed by atoms with Gasteiger partial charge in [0, 0.05) is 4.88 Å². The molecular formula is C15H22N4O2S. The summed E-state index contributed by atoms with van der Waals surface area (Å²) in [7, 11) is 0. The van der Waals surface area contributed by atoms with Crippen molar-refractivity contribution in [3.63, 3.8) is 0 Å². The van der Waals surface area contributed by atoms with Crippen LogP contribution in [-0.4, -0.2) is 20.3 Å². The first-order valence-electron chi connectivity index (χ1n) is 7.20. The third-order valence-electron chi connectivity index (χ3n) is 3.33. The molecular weight excluding hydrogens is 300 g/mol. The lowest BCUT2D eigenvalue weighted by Gasteiger charge is -2.17. The average Bonchev–Trinajstić information content (AvgIpc) is 3.01. The Bertz CT molecular complexity index is 707. The van der Waals surface area contributed by atoms with E-state index in [1.54, 1.807) is 18.3 Å². The van der Waals surface area contributed by atoms with Crippen LogP contribution < -0.4 is 11.0 Å². The van der Waals surface area contributed by atoms with E-state index >= 15 is 0 Å². The van der Waals surface area contributed by atoms with Crippen LogP contribution in [0.3, 0.4) is 0 Å². The first-order valence-corrected chi connectivity index (χ1v) is 8.08. The fraction of sp³-hybridized carbons (Fsp3) is 0.533. The van der Waals surface area contributed by atoms with Gasteiger partial charge in [0.15, 0.2) is 0 Å². The lowest BCUT2D eigenvalue weighted by Crippen LogP contribution is -2.38. The van der Waals surface area contributed by atoms with Gasteiger partial charge in [0.1, 0.15) is 12.4 Å². The molecule has 0 unspecified atom stereocenters. The van der Waals surface area contributed by atoms with E-state index in [1.165, 1.54) is 9.25 Å². The molecule has 6 nitrogen and oxygen atoms in total. The van der Waals surface area contributed by atoms with Crippen LogP contribution in [0.15, 0.2) is 22.3 Å². The Morgan fingerprint density at radius 2 is 2.14 bits per heavy atom. The van der Waals surface area contributed by atoms with Crippen molar-refractivity contribution in [3.05, 3.63) is 38.7 Å². The van der Waals surface area contributed by atoms with Gasteiger partial charge in [0.05, 0.1) is 11.6 Å². The summed E-state index contributed by atoms with van der Waals surface area (Å²) >= 11 is 1.59. The Hall–Kier alpha value is -1.89. The highest BCUT2D eigenvalue weighted by Gasteiger charge is 2.22. The Morgan fingerprint density at radius 1 is 1.45 bits per heavy atom. The molecule has 120 valence electrons. The van der Waals surface area contributed by atoms with Gasteiger partial charge < -0.3 is 5.32 Å². The van der Waals surface area contributed by atoms with Crippen LogP contribution in [0.5, 0.6) is 0 Å². The first-order chi connectivity index (χ1) is 10.2. The maximum absolute atomic E-state index is 12.4. The number of hydrogen-bond donors (Lipinski definition) is 1. The molecule has 0 saturated carbocycles. The average molecular weight is 322 g/mol. The zero-order valence-corrected chi connectivity index (χ0v) is 14.4. The van der Waals surface area contributed by atoms with Crippen LogP contribution in [0.4, 0.5) is 0 Å². The van der Waals surface area contributed by atoms with Gasteiger partial charge in [-0.25, -0.2) is 9.48 Å². The van der Waals surface area contributed by atoms with Crippen LogP contribution in [0.1, 0.15) is 44.4 Å². The molecule has 22 heavy (non-hydrogen) atoms. The molecule has 0 aromatic carbocycles. The topological polar surface area (TPSA) is 68.9 Å². The van der Waals surface area contributed by atoms with Crippen LogP contribution >= 0.6 is 11.3 Å². The van der Waals surface area contributed by atoms with Crippen LogP contribution in [-0.2, 0) is 16.9 Å². The zero-order chi connectivity index (χ0) is 16.5. The molecule has 1 atom stereocenters. The van der Waals surface area contributed by atoms with Crippen molar-refractivity contribution in [1.82, 2.24) is 19.7 Å². The van der Waals surface area contributed by atoms with Gasteiger partial charge in [-0.2, -0.15) is 5.10 Å². The summed E-state index contributed by atoms with van der Waals surface area (Å²) in [6.07, 6.45) is 0. The second-order valence-electron chi connectivity index (χ2n) is 6.30. The van der Waals surface area contributed by atoms with Gasteiger partial charge >= 0.3 is 5.69 Å². The second-order valence-corrected chi connectivity index (χ2v) is 7.28. The first kappa shape index (κ1) is 16.5. The number of nitrogens with one attached hydrogen (secondary N) is 1. The normalized spacial score (nSPS) is 13.1. The van der Waals surface area contributed by atoms with Crippen molar-refractivity contribution < 1.29 is 4.79 Å².